The molecule has 0 spiro atoms. The number of amides is 1. The lowest BCUT2D eigenvalue weighted by atomic mass is 10.0. The van der Waals surface area contributed by atoms with Crippen LogP contribution in [0.1, 0.15) is 18.0 Å². The topological polar surface area (TPSA) is 84.5 Å². The molecule has 0 unspecified atom stereocenters. The van der Waals surface area contributed by atoms with Gasteiger partial charge in [0.1, 0.15) is 5.75 Å². The molecule has 0 aliphatic rings. The van der Waals surface area contributed by atoms with Gasteiger partial charge in [-0.3, -0.25) is 4.79 Å². The van der Waals surface area contributed by atoms with Crippen LogP contribution in [-0.4, -0.2) is 21.4 Å². The summed E-state index contributed by atoms with van der Waals surface area (Å²) in [4.78, 5) is 12.8. The largest absolute Gasteiger partial charge is 0.495 e. The Morgan fingerprint density at radius 3 is 2.27 bits per heavy atom. The zero-order valence-corrected chi connectivity index (χ0v) is 17.8. The Balaban J connectivity index is 1.84. The molecule has 0 fully saturated rings. The van der Waals surface area contributed by atoms with Crippen LogP contribution in [0, 0.1) is 0 Å². The van der Waals surface area contributed by atoms with Gasteiger partial charge in [-0.15, -0.1) is 0 Å². The van der Waals surface area contributed by atoms with Gasteiger partial charge in [-0.1, -0.05) is 54.1 Å². The van der Waals surface area contributed by atoms with Crippen molar-refractivity contribution in [1.29, 1.82) is 0 Å². The zero-order valence-electron chi connectivity index (χ0n) is 16.2. The number of benzene rings is 3. The number of sulfonamides is 1. The molecule has 0 aromatic heterocycles. The van der Waals surface area contributed by atoms with E-state index in [0.717, 1.165) is 0 Å². The number of rotatable bonds is 8. The summed E-state index contributed by atoms with van der Waals surface area (Å²) in [5, 5.41) is 3.29. The van der Waals surface area contributed by atoms with Crippen LogP contribution in [-0.2, 0) is 14.8 Å². The minimum atomic E-state index is -3.84. The number of methoxy groups -OCH3 is 1. The average molecular weight is 445 g/mol. The van der Waals surface area contributed by atoms with E-state index in [1.165, 1.54) is 19.2 Å². The molecule has 3 aromatic carbocycles. The van der Waals surface area contributed by atoms with Gasteiger partial charge < -0.3 is 10.1 Å². The Labute approximate surface area is 180 Å². The molecule has 0 aliphatic carbocycles. The summed E-state index contributed by atoms with van der Waals surface area (Å²) >= 11 is 5.96. The van der Waals surface area contributed by atoms with Crippen LogP contribution in [0.15, 0.2) is 83.8 Å². The van der Waals surface area contributed by atoms with Gasteiger partial charge in [0, 0.05) is 11.4 Å². The van der Waals surface area contributed by atoms with Crippen molar-refractivity contribution in [3.05, 3.63) is 89.4 Å². The Hall–Kier alpha value is -2.87. The van der Waals surface area contributed by atoms with Crippen LogP contribution in [0.5, 0.6) is 5.75 Å². The highest BCUT2D eigenvalue weighted by molar-refractivity contribution is 7.89. The summed E-state index contributed by atoms with van der Waals surface area (Å²) in [6, 6.07) is 20.9. The molecule has 0 bridgehead atoms. The van der Waals surface area contributed by atoms with E-state index in [9.17, 15) is 13.2 Å². The van der Waals surface area contributed by atoms with Gasteiger partial charge in [0.2, 0.25) is 15.9 Å². The predicted octanol–water partition coefficient (Wildman–Crippen LogP) is 4.40. The van der Waals surface area contributed by atoms with Crippen LogP contribution < -0.4 is 14.8 Å². The number of carbonyl (C=O) groups excluding carboxylic acids is 1. The summed E-state index contributed by atoms with van der Waals surface area (Å²) in [7, 11) is -2.33. The molecule has 0 saturated carbocycles. The van der Waals surface area contributed by atoms with Crippen LogP contribution in [0.2, 0.25) is 5.02 Å². The number of para-hydroxylation sites is 2. The molecular weight excluding hydrogens is 424 g/mol. The number of hydrogen-bond acceptors (Lipinski definition) is 4. The Morgan fingerprint density at radius 2 is 1.60 bits per heavy atom. The molecule has 3 aromatic rings. The minimum Gasteiger partial charge on any atom is -0.495 e. The highest BCUT2D eigenvalue weighted by atomic mass is 35.5. The van der Waals surface area contributed by atoms with Gasteiger partial charge in [0.05, 0.1) is 23.7 Å². The third-order valence-electron chi connectivity index (χ3n) is 4.39. The molecular formula is C22H21ClN2O4S. The van der Waals surface area contributed by atoms with Crippen LogP contribution >= 0.6 is 11.6 Å². The van der Waals surface area contributed by atoms with Crippen molar-refractivity contribution in [1.82, 2.24) is 4.72 Å². The fourth-order valence-electron chi connectivity index (χ4n) is 2.91. The van der Waals surface area contributed by atoms with E-state index < -0.39 is 16.1 Å². The zero-order chi connectivity index (χ0) is 21.6. The van der Waals surface area contributed by atoms with Crippen molar-refractivity contribution >= 4 is 33.2 Å². The fourth-order valence-corrected chi connectivity index (χ4v) is 4.28. The van der Waals surface area contributed by atoms with Crippen molar-refractivity contribution in [3.8, 4) is 5.75 Å². The molecule has 1 amide bonds. The summed E-state index contributed by atoms with van der Waals surface area (Å²) in [5.74, 6) is 0.147. The summed E-state index contributed by atoms with van der Waals surface area (Å²) in [6.45, 7) is 0. The summed E-state index contributed by atoms with van der Waals surface area (Å²) in [6.07, 6.45) is -0.119. The van der Waals surface area contributed by atoms with E-state index >= 15 is 0 Å². The quantitative estimate of drug-likeness (QED) is 0.539. The van der Waals surface area contributed by atoms with Crippen LogP contribution in [0.4, 0.5) is 5.69 Å². The van der Waals surface area contributed by atoms with Crippen LogP contribution in [0.3, 0.4) is 0 Å². The number of hydrogen-bond donors (Lipinski definition) is 2. The standard InChI is InChI=1S/C22H21ClN2O4S/c1-29-21-10-6-5-9-19(21)24-22(26)15-20(16-11-13-17(23)14-12-16)25-30(27,28)18-7-3-2-4-8-18/h2-14,20,25H,15H2,1H3,(H,24,26)/t20-/m0/s1. The maximum Gasteiger partial charge on any atom is 0.241 e. The first-order valence-corrected chi connectivity index (χ1v) is 11.0. The monoisotopic (exact) mass is 444 g/mol. The molecule has 2 N–H and O–H groups in total. The van der Waals surface area contributed by atoms with E-state index in [2.05, 4.69) is 10.0 Å². The molecule has 1 atom stereocenters. The molecule has 0 aliphatic heterocycles. The van der Waals surface area contributed by atoms with E-state index in [0.29, 0.717) is 22.0 Å². The van der Waals surface area contributed by atoms with E-state index in [-0.39, 0.29) is 17.2 Å². The van der Waals surface area contributed by atoms with Crippen molar-refractivity contribution in [2.45, 2.75) is 17.4 Å². The smallest absolute Gasteiger partial charge is 0.241 e. The van der Waals surface area contributed by atoms with E-state index in [1.807, 2.05) is 0 Å². The molecule has 8 heteroatoms. The van der Waals surface area contributed by atoms with Crippen molar-refractivity contribution in [3.63, 3.8) is 0 Å². The van der Waals surface area contributed by atoms with Crippen molar-refractivity contribution in [2.75, 3.05) is 12.4 Å². The highest BCUT2D eigenvalue weighted by Gasteiger charge is 2.24. The lowest BCUT2D eigenvalue weighted by Crippen LogP contribution is -2.31. The Morgan fingerprint density at radius 1 is 0.967 bits per heavy atom. The predicted molar refractivity (Wildman–Crippen MR) is 117 cm³/mol. The van der Waals surface area contributed by atoms with Gasteiger partial charge >= 0.3 is 0 Å². The minimum absolute atomic E-state index is 0.119. The van der Waals surface area contributed by atoms with Crippen molar-refractivity contribution < 1.29 is 17.9 Å². The second kappa shape index (κ2) is 9.75. The first-order valence-electron chi connectivity index (χ1n) is 9.15. The molecule has 30 heavy (non-hydrogen) atoms. The summed E-state index contributed by atoms with van der Waals surface area (Å²) < 4.78 is 33.5. The first-order chi connectivity index (χ1) is 14.4. The van der Waals surface area contributed by atoms with Crippen LogP contribution in [0.25, 0.3) is 0 Å². The lowest BCUT2D eigenvalue weighted by Gasteiger charge is -2.20. The third kappa shape index (κ3) is 5.60. The number of carbonyl (C=O) groups is 1. The fraction of sp³-hybridized carbons (Fsp3) is 0.136. The Bertz CT molecular complexity index is 1100. The normalized spacial score (nSPS) is 12.2. The maximum absolute atomic E-state index is 12.8. The third-order valence-corrected chi connectivity index (χ3v) is 6.13. The van der Waals surface area contributed by atoms with Gasteiger partial charge in [0.25, 0.3) is 0 Å². The van der Waals surface area contributed by atoms with Gasteiger partial charge in [-0.25, -0.2) is 13.1 Å². The first kappa shape index (κ1) is 21.8. The molecule has 0 saturated heterocycles. The summed E-state index contributed by atoms with van der Waals surface area (Å²) in [5.41, 5.74) is 1.12. The molecule has 156 valence electrons. The second-order valence-electron chi connectivity index (χ2n) is 6.49. The number of nitrogens with one attached hydrogen (secondary N) is 2. The average Bonchev–Trinajstić information content (AvgIpc) is 2.74. The number of anilines is 1. The van der Waals surface area contributed by atoms with E-state index in [1.54, 1.807) is 66.7 Å². The number of halogens is 1. The van der Waals surface area contributed by atoms with Gasteiger partial charge in [-0.05, 0) is 42.0 Å². The van der Waals surface area contributed by atoms with Crippen molar-refractivity contribution in [2.24, 2.45) is 0 Å². The lowest BCUT2D eigenvalue weighted by molar-refractivity contribution is -0.116. The number of ether oxygens (including phenoxy) is 1. The molecule has 0 radical (unpaired) electrons. The van der Waals surface area contributed by atoms with Gasteiger partial charge in [0.15, 0.2) is 0 Å². The van der Waals surface area contributed by atoms with Gasteiger partial charge in [-0.2, -0.15) is 0 Å². The Kier molecular flexibility index (Phi) is 7.10. The highest BCUT2D eigenvalue weighted by Crippen LogP contribution is 2.26. The molecule has 6 nitrogen and oxygen atoms in total. The van der Waals surface area contributed by atoms with E-state index in [4.69, 9.17) is 16.3 Å². The SMILES string of the molecule is COc1ccccc1NC(=O)C[C@H](NS(=O)(=O)c1ccccc1)c1ccc(Cl)cc1. The second-order valence-corrected chi connectivity index (χ2v) is 8.64. The molecule has 3 rings (SSSR count). The maximum atomic E-state index is 12.8. The molecule has 0 heterocycles.